The molecule has 2 heterocycles. The zero-order valence-corrected chi connectivity index (χ0v) is 16.3. The minimum absolute atomic E-state index is 0.429. The van der Waals surface area contributed by atoms with E-state index in [2.05, 4.69) is 39.9 Å². The zero-order valence-electron chi connectivity index (χ0n) is 15.6. The average Bonchev–Trinajstić information content (AvgIpc) is 3.06. The van der Waals surface area contributed by atoms with Gasteiger partial charge in [0.15, 0.2) is 0 Å². The number of aromatic amines is 1. The van der Waals surface area contributed by atoms with E-state index in [1.54, 1.807) is 0 Å². The highest BCUT2D eigenvalue weighted by Crippen LogP contribution is 2.37. The standard InChI is InChI=1S/C23H26ClN3/c24-17-8-6-15(7-9-17)10-12-26-20-5-1-4-18-19-13-16-3-2-11-25-21(16)14-22(19)27-23(18)20/h6-9,13-14,20,25-27H,1-5,10-12H2. The van der Waals surface area contributed by atoms with Crippen LogP contribution >= 0.6 is 11.6 Å². The quantitative estimate of drug-likeness (QED) is 0.568. The van der Waals surface area contributed by atoms with Gasteiger partial charge in [0.1, 0.15) is 0 Å². The second-order valence-electron chi connectivity index (χ2n) is 7.88. The number of anilines is 1. The highest BCUT2D eigenvalue weighted by atomic mass is 35.5. The zero-order chi connectivity index (χ0) is 18.2. The van der Waals surface area contributed by atoms with Crippen LogP contribution < -0.4 is 10.6 Å². The first-order valence-corrected chi connectivity index (χ1v) is 10.5. The summed E-state index contributed by atoms with van der Waals surface area (Å²) >= 11 is 5.99. The summed E-state index contributed by atoms with van der Waals surface area (Å²) < 4.78 is 0. The first-order chi connectivity index (χ1) is 13.3. The predicted octanol–water partition coefficient (Wildman–Crippen LogP) is 5.39. The lowest BCUT2D eigenvalue weighted by Gasteiger charge is -2.24. The molecule has 1 aliphatic carbocycles. The van der Waals surface area contributed by atoms with E-state index in [4.69, 9.17) is 11.6 Å². The summed E-state index contributed by atoms with van der Waals surface area (Å²) in [6, 6.07) is 13.4. The van der Waals surface area contributed by atoms with Gasteiger partial charge in [-0.1, -0.05) is 23.7 Å². The number of nitrogens with one attached hydrogen (secondary N) is 3. The molecule has 1 aromatic heterocycles. The van der Waals surface area contributed by atoms with Crippen molar-refractivity contribution in [2.45, 2.75) is 44.6 Å². The highest BCUT2D eigenvalue weighted by Gasteiger charge is 2.24. The van der Waals surface area contributed by atoms with Crippen LogP contribution in [0, 0.1) is 0 Å². The Morgan fingerprint density at radius 3 is 2.85 bits per heavy atom. The van der Waals surface area contributed by atoms with Gasteiger partial charge in [0.2, 0.25) is 0 Å². The van der Waals surface area contributed by atoms with Gasteiger partial charge >= 0.3 is 0 Å². The lowest BCUT2D eigenvalue weighted by Crippen LogP contribution is -2.27. The molecule has 0 bridgehead atoms. The second kappa shape index (κ2) is 7.21. The molecule has 0 saturated carbocycles. The van der Waals surface area contributed by atoms with E-state index in [1.165, 1.54) is 71.1 Å². The normalized spacial score (nSPS) is 18.8. The molecule has 3 N–H and O–H groups in total. The Bertz CT molecular complexity index is 958. The molecule has 4 heteroatoms. The first-order valence-electron chi connectivity index (χ1n) is 10.2. The average molecular weight is 380 g/mol. The molecule has 3 aromatic rings. The molecule has 1 atom stereocenters. The Balaban J connectivity index is 1.36. The third kappa shape index (κ3) is 3.35. The van der Waals surface area contributed by atoms with E-state index in [1.807, 2.05) is 12.1 Å². The number of H-pyrrole nitrogens is 1. The summed E-state index contributed by atoms with van der Waals surface area (Å²) in [6.07, 6.45) is 7.12. The smallest absolute Gasteiger partial charge is 0.0480 e. The number of benzene rings is 2. The molecule has 0 spiro atoms. The Kier molecular flexibility index (Phi) is 4.58. The molecule has 140 valence electrons. The van der Waals surface area contributed by atoms with E-state index >= 15 is 0 Å². The number of aryl methyl sites for hydroxylation is 2. The lowest BCUT2D eigenvalue weighted by atomic mass is 9.90. The Labute approximate surface area is 165 Å². The molecule has 0 saturated heterocycles. The summed E-state index contributed by atoms with van der Waals surface area (Å²) in [5, 5.41) is 9.60. The summed E-state index contributed by atoms with van der Waals surface area (Å²) in [5.74, 6) is 0. The first kappa shape index (κ1) is 17.2. The molecule has 5 rings (SSSR count). The molecule has 27 heavy (non-hydrogen) atoms. The molecular formula is C23H26ClN3. The fourth-order valence-corrected chi connectivity index (χ4v) is 4.80. The fraction of sp³-hybridized carbons (Fsp3) is 0.391. The van der Waals surface area contributed by atoms with Crippen LogP contribution in [-0.2, 0) is 19.3 Å². The van der Waals surface area contributed by atoms with Crippen molar-refractivity contribution in [1.29, 1.82) is 0 Å². The van der Waals surface area contributed by atoms with Gasteiger partial charge in [0.25, 0.3) is 0 Å². The van der Waals surface area contributed by atoms with E-state index in [-0.39, 0.29) is 0 Å². The summed E-state index contributed by atoms with van der Waals surface area (Å²) in [5.41, 5.74) is 8.37. The van der Waals surface area contributed by atoms with Gasteiger partial charge in [-0.25, -0.2) is 0 Å². The number of aromatic nitrogens is 1. The van der Waals surface area contributed by atoms with Crippen molar-refractivity contribution in [2.75, 3.05) is 18.4 Å². The van der Waals surface area contributed by atoms with Gasteiger partial charge in [-0.15, -0.1) is 0 Å². The third-order valence-corrected chi connectivity index (χ3v) is 6.34. The van der Waals surface area contributed by atoms with Crippen LogP contribution in [0.1, 0.15) is 47.7 Å². The molecule has 0 amide bonds. The molecule has 0 radical (unpaired) electrons. The fourth-order valence-electron chi connectivity index (χ4n) is 4.68. The van der Waals surface area contributed by atoms with Crippen LogP contribution in [0.5, 0.6) is 0 Å². The Hall–Kier alpha value is -1.97. The molecule has 2 aromatic carbocycles. The lowest BCUT2D eigenvalue weighted by molar-refractivity contribution is 0.456. The van der Waals surface area contributed by atoms with Crippen LogP contribution in [0.2, 0.25) is 5.02 Å². The van der Waals surface area contributed by atoms with Gasteiger partial charge in [-0.3, -0.25) is 0 Å². The maximum atomic E-state index is 5.99. The molecule has 2 aliphatic rings. The van der Waals surface area contributed by atoms with E-state index in [9.17, 15) is 0 Å². The van der Waals surface area contributed by atoms with E-state index in [0.29, 0.717) is 6.04 Å². The summed E-state index contributed by atoms with van der Waals surface area (Å²) in [6.45, 7) is 2.08. The largest absolute Gasteiger partial charge is 0.385 e. The molecule has 1 unspecified atom stereocenters. The molecule has 3 nitrogen and oxygen atoms in total. The third-order valence-electron chi connectivity index (χ3n) is 6.09. The molecule has 1 aliphatic heterocycles. The van der Waals surface area contributed by atoms with E-state index in [0.717, 1.165) is 24.5 Å². The van der Waals surface area contributed by atoms with Crippen molar-refractivity contribution in [3.63, 3.8) is 0 Å². The van der Waals surface area contributed by atoms with Crippen LogP contribution in [0.4, 0.5) is 5.69 Å². The van der Waals surface area contributed by atoms with Crippen LogP contribution in [-0.4, -0.2) is 18.1 Å². The summed E-state index contributed by atoms with van der Waals surface area (Å²) in [4.78, 5) is 3.75. The van der Waals surface area contributed by atoms with Crippen molar-refractivity contribution in [3.05, 3.63) is 63.8 Å². The maximum Gasteiger partial charge on any atom is 0.0480 e. The van der Waals surface area contributed by atoms with Gasteiger partial charge in [-0.2, -0.15) is 0 Å². The monoisotopic (exact) mass is 379 g/mol. The number of hydrogen-bond donors (Lipinski definition) is 3. The Morgan fingerprint density at radius 1 is 1.07 bits per heavy atom. The topological polar surface area (TPSA) is 39.9 Å². The summed E-state index contributed by atoms with van der Waals surface area (Å²) in [7, 11) is 0. The predicted molar refractivity (Wildman–Crippen MR) is 114 cm³/mol. The maximum absolute atomic E-state index is 5.99. The molecule has 0 fully saturated rings. The van der Waals surface area contributed by atoms with Crippen LogP contribution in [0.25, 0.3) is 10.9 Å². The van der Waals surface area contributed by atoms with Crippen molar-refractivity contribution in [3.8, 4) is 0 Å². The SMILES string of the molecule is Clc1ccc(CCNC2CCCc3c2[nH]c2cc4c(cc32)CCCN4)cc1. The van der Waals surface area contributed by atoms with E-state index < -0.39 is 0 Å². The minimum Gasteiger partial charge on any atom is -0.385 e. The van der Waals surface area contributed by atoms with Gasteiger partial charge < -0.3 is 15.6 Å². The van der Waals surface area contributed by atoms with Crippen molar-refractivity contribution in [2.24, 2.45) is 0 Å². The number of halogens is 1. The highest BCUT2D eigenvalue weighted by molar-refractivity contribution is 6.30. The van der Waals surface area contributed by atoms with Crippen molar-refractivity contribution in [1.82, 2.24) is 10.3 Å². The molecular weight excluding hydrogens is 354 g/mol. The van der Waals surface area contributed by atoms with Gasteiger partial charge in [0, 0.05) is 39.9 Å². The minimum atomic E-state index is 0.429. The number of hydrogen-bond acceptors (Lipinski definition) is 2. The van der Waals surface area contributed by atoms with Gasteiger partial charge in [-0.05, 0) is 86.0 Å². The second-order valence-corrected chi connectivity index (χ2v) is 8.31. The van der Waals surface area contributed by atoms with Crippen LogP contribution in [0.3, 0.4) is 0 Å². The van der Waals surface area contributed by atoms with Gasteiger partial charge in [0.05, 0.1) is 0 Å². The van der Waals surface area contributed by atoms with Crippen molar-refractivity contribution >= 4 is 28.2 Å². The number of rotatable bonds is 4. The number of fused-ring (bicyclic) bond motifs is 4. The van der Waals surface area contributed by atoms with Crippen molar-refractivity contribution < 1.29 is 0 Å². The Morgan fingerprint density at radius 2 is 1.96 bits per heavy atom. The van der Waals surface area contributed by atoms with Crippen LogP contribution in [0.15, 0.2) is 36.4 Å².